The molecular weight excluding hydrogens is 411 g/mol. The van der Waals surface area contributed by atoms with Crippen molar-refractivity contribution in [2.75, 3.05) is 31.1 Å². The lowest BCUT2D eigenvalue weighted by molar-refractivity contribution is 0.243. The maximum atomic E-state index is 14.1. The first-order chi connectivity index (χ1) is 15.1. The Kier molecular flexibility index (Phi) is 5.29. The fourth-order valence-corrected chi connectivity index (χ4v) is 5.05. The van der Waals surface area contributed by atoms with Crippen molar-refractivity contribution in [1.29, 1.82) is 0 Å². The van der Waals surface area contributed by atoms with Gasteiger partial charge in [-0.05, 0) is 24.6 Å². The first kappa shape index (κ1) is 19.9. The Morgan fingerprint density at radius 2 is 1.81 bits per heavy atom. The van der Waals surface area contributed by atoms with Crippen LogP contribution < -0.4 is 10.5 Å². The number of thiophene rings is 1. The molecule has 5 nitrogen and oxygen atoms in total. The molecule has 0 spiro atoms. The summed E-state index contributed by atoms with van der Waals surface area (Å²) in [6, 6.07) is 15.1. The molecule has 31 heavy (non-hydrogen) atoms. The van der Waals surface area contributed by atoms with E-state index in [1.165, 1.54) is 23.0 Å². The quantitative estimate of drug-likeness (QED) is 0.517. The minimum Gasteiger partial charge on any atom is -0.367 e. The van der Waals surface area contributed by atoms with Crippen molar-refractivity contribution < 1.29 is 4.39 Å². The van der Waals surface area contributed by atoms with Gasteiger partial charge in [0.1, 0.15) is 16.5 Å². The van der Waals surface area contributed by atoms with E-state index in [1.54, 1.807) is 6.07 Å². The zero-order valence-electron chi connectivity index (χ0n) is 17.3. The van der Waals surface area contributed by atoms with Crippen LogP contribution in [0.3, 0.4) is 0 Å². The zero-order valence-corrected chi connectivity index (χ0v) is 18.1. The summed E-state index contributed by atoms with van der Waals surface area (Å²) >= 11 is 1.50. The Morgan fingerprint density at radius 1 is 1.06 bits per heavy atom. The number of nitrogens with one attached hydrogen (secondary N) is 1. The van der Waals surface area contributed by atoms with Gasteiger partial charge in [0.05, 0.1) is 17.6 Å². The molecule has 1 saturated heterocycles. The SMILES string of the molecule is Cc1ccc(-c2csc3nc(CN4CCN(c5ccccc5F)CC4)[nH]c(=O)c23)cc1. The van der Waals surface area contributed by atoms with Gasteiger partial charge in [0, 0.05) is 37.1 Å². The van der Waals surface area contributed by atoms with E-state index < -0.39 is 0 Å². The molecule has 2 aromatic heterocycles. The van der Waals surface area contributed by atoms with Crippen LogP contribution in [0.25, 0.3) is 21.3 Å². The van der Waals surface area contributed by atoms with E-state index in [2.05, 4.69) is 26.9 Å². The largest absolute Gasteiger partial charge is 0.367 e. The number of anilines is 1. The van der Waals surface area contributed by atoms with Crippen molar-refractivity contribution in [2.45, 2.75) is 13.5 Å². The Morgan fingerprint density at radius 3 is 2.55 bits per heavy atom. The summed E-state index contributed by atoms with van der Waals surface area (Å²) < 4.78 is 14.1. The van der Waals surface area contributed by atoms with Gasteiger partial charge >= 0.3 is 0 Å². The number of hydrogen-bond donors (Lipinski definition) is 1. The van der Waals surface area contributed by atoms with Gasteiger partial charge in [-0.1, -0.05) is 42.0 Å². The highest BCUT2D eigenvalue weighted by atomic mass is 32.1. The average molecular weight is 435 g/mol. The molecule has 2 aromatic carbocycles. The highest BCUT2D eigenvalue weighted by molar-refractivity contribution is 7.17. The number of benzene rings is 2. The maximum Gasteiger partial charge on any atom is 0.260 e. The zero-order chi connectivity index (χ0) is 21.4. The molecule has 1 aliphatic heterocycles. The molecule has 7 heteroatoms. The second-order valence-electron chi connectivity index (χ2n) is 7.92. The van der Waals surface area contributed by atoms with Crippen LogP contribution in [0.4, 0.5) is 10.1 Å². The smallest absolute Gasteiger partial charge is 0.260 e. The number of aromatic amines is 1. The maximum absolute atomic E-state index is 14.1. The number of fused-ring (bicyclic) bond motifs is 1. The summed E-state index contributed by atoms with van der Waals surface area (Å²) in [5.74, 6) is 0.489. The molecule has 0 unspecified atom stereocenters. The topological polar surface area (TPSA) is 52.2 Å². The van der Waals surface area contributed by atoms with E-state index in [-0.39, 0.29) is 11.4 Å². The van der Waals surface area contributed by atoms with Crippen molar-refractivity contribution in [1.82, 2.24) is 14.9 Å². The second kappa shape index (κ2) is 8.24. The summed E-state index contributed by atoms with van der Waals surface area (Å²) in [5.41, 5.74) is 3.70. The molecule has 4 aromatic rings. The van der Waals surface area contributed by atoms with Crippen LogP contribution in [0.2, 0.25) is 0 Å². The van der Waals surface area contributed by atoms with Crippen molar-refractivity contribution in [2.24, 2.45) is 0 Å². The molecule has 0 bridgehead atoms. The van der Waals surface area contributed by atoms with E-state index in [0.29, 0.717) is 23.4 Å². The number of aryl methyl sites for hydroxylation is 1. The highest BCUT2D eigenvalue weighted by Crippen LogP contribution is 2.31. The molecule has 1 fully saturated rings. The molecule has 0 amide bonds. The predicted octanol–water partition coefficient (Wildman–Crippen LogP) is 4.42. The molecule has 3 heterocycles. The minimum absolute atomic E-state index is 0.0955. The molecule has 0 aliphatic carbocycles. The van der Waals surface area contributed by atoms with Crippen molar-refractivity contribution in [3.8, 4) is 11.1 Å². The van der Waals surface area contributed by atoms with Crippen LogP contribution in [-0.2, 0) is 6.54 Å². The number of rotatable bonds is 4. The summed E-state index contributed by atoms with van der Waals surface area (Å²) in [6.07, 6.45) is 0. The standard InChI is InChI=1S/C24H23FN4OS/c1-16-6-8-17(9-7-16)18-15-31-24-22(18)23(30)26-21(27-24)14-28-10-12-29(13-11-28)20-5-3-2-4-19(20)25/h2-9,15H,10-14H2,1H3,(H,26,27,30). The van der Waals surface area contributed by atoms with Gasteiger partial charge in [0.15, 0.2) is 0 Å². The lowest BCUT2D eigenvalue weighted by Crippen LogP contribution is -2.46. The summed E-state index contributed by atoms with van der Waals surface area (Å²) in [7, 11) is 0. The van der Waals surface area contributed by atoms with E-state index >= 15 is 0 Å². The number of halogens is 1. The Hall–Kier alpha value is -3.03. The van der Waals surface area contributed by atoms with Crippen LogP contribution in [0.1, 0.15) is 11.4 Å². The van der Waals surface area contributed by atoms with Gasteiger partial charge in [0.25, 0.3) is 5.56 Å². The molecule has 5 rings (SSSR count). The van der Waals surface area contributed by atoms with Gasteiger partial charge in [-0.3, -0.25) is 9.69 Å². The van der Waals surface area contributed by atoms with Crippen molar-refractivity contribution in [3.63, 3.8) is 0 Å². The van der Waals surface area contributed by atoms with E-state index in [0.717, 1.165) is 42.1 Å². The van der Waals surface area contributed by atoms with Gasteiger partial charge in [0.2, 0.25) is 0 Å². The Bertz CT molecular complexity index is 1270. The van der Waals surface area contributed by atoms with Gasteiger partial charge in [-0.15, -0.1) is 11.3 Å². The van der Waals surface area contributed by atoms with Gasteiger partial charge in [-0.2, -0.15) is 0 Å². The second-order valence-corrected chi connectivity index (χ2v) is 8.78. The Balaban J connectivity index is 1.32. The number of aromatic nitrogens is 2. The Labute approximate surface area is 183 Å². The third-order valence-electron chi connectivity index (χ3n) is 5.79. The minimum atomic E-state index is -0.186. The highest BCUT2D eigenvalue weighted by Gasteiger charge is 2.21. The number of para-hydroxylation sites is 1. The van der Waals surface area contributed by atoms with Crippen LogP contribution in [-0.4, -0.2) is 41.0 Å². The molecule has 158 valence electrons. The summed E-state index contributed by atoms with van der Waals surface area (Å²) in [6.45, 7) is 5.68. The third-order valence-corrected chi connectivity index (χ3v) is 6.67. The summed E-state index contributed by atoms with van der Waals surface area (Å²) in [4.78, 5) is 25.7. The van der Waals surface area contributed by atoms with Crippen LogP contribution in [0.15, 0.2) is 58.7 Å². The van der Waals surface area contributed by atoms with E-state index in [9.17, 15) is 9.18 Å². The van der Waals surface area contributed by atoms with Crippen LogP contribution in [0, 0.1) is 12.7 Å². The number of piperazine rings is 1. The number of H-pyrrole nitrogens is 1. The molecule has 0 atom stereocenters. The molecule has 1 N–H and O–H groups in total. The molecular formula is C24H23FN4OS. The van der Waals surface area contributed by atoms with Crippen LogP contribution in [0.5, 0.6) is 0 Å². The van der Waals surface area contributed by atoms with E-state index in [4.69, 9.17) is 4.98 Å². The van der Waals surface area contributed by atoms with Crippen molar-refractivity contribution >= 4 is 27.2 Å². The van der Waals surface area contributed by atoms with Crippen molar-refractivity contribution in [3.05, 3.63) is 81.5 Å². The summed E-state index contributed by atoms with van der Waals surface area (Å²) in [5, 5.41) is 2.66. The molecule has 0 radical (unpaired) electrons. The number of nitrogens with zero attached hydrogens (tertiary/aromatic N) is 3. The first-order valence-electron chi connectivity index (χ1n) is 10.4. The normalized spacial score (nSPS) is 15.0. The lowest BCUT2D eigenvalue weighted by atomic mass is 10.1. The molecule has 1 aliphatic rings. The average Bonchev–Trinajstić information content (AvgIpc) is 3.20. The monoisotopic (exact) mass is 434 g/mol. The van der Waals surface area contributed by atoms with Crippen LogP contribution >= 0.6 is 11.3 Å². The predicted molar refractivity (Wildman–Crippen MR) is 124 cm³/mol. The lowest BCUT2D eigenvalue weighted by Gasteiger charge is -2.35. The first-order valence-corrected chi connectivity index (χ1v) is 11.3. The fraction of sp³-hybridized carbons (Fsp3) is 0.250. The molecule has 0 saturated carbocycles. The third kappa shape index (κ3) is 3.98. The van der Waals surface area contributed by atoms with Gasteiger partial charge in [-0.25, -0.2) is 9.37 Å². The number of hydrogen-bond acceptors (Lipinski definition) is 5. The fourth-order valence-electron chi connectivity index (χ4n) is 4.08. The van der Waals surface area contributed by atoms with Gasteiger partial charge < -0.3 is 9.88 Å². The van der Waals surface area contributed by atoms with E-state index in [1.807, 2.05) is 36.6 Å².